The van der Waals surface area contributed by atoms with Gasteiger partial charge in [-0.05, 0) is 49.2 Å². The van der Waals surface area contributed by atoms with Crippen LogP contribution in [0.15, 0.2) is 42.7 Å². The zero-order chi connectivity index (χ0) is 22.2. The van der Waals surface area contributed by atoms with Gasteiger partial charge in [-0.3, -0.25) is 4.90 Å². The first kappa shape index (κ1) is 21.0. The summed E-state index contributed by atoms with van der Waals surface area (Å²) in [6.45, 7) is 7.41. The number of hydrogen-bond acceptors (Lipinski definition) is 6. The number of aryl methyl sites for hydroxylation is 1. The third-order valence-electron chi connectivity index (χ3n) is 5.76. The van der Waals surface area contributed by atoms with E-state index in [1.165, 1.54) is 23.1 Å². The van der Waals surface area contributed by atoms with Gasteiger partial charge in [-0.15, -0.1) is 5.10 Å². The zero-order valence-corrected chi connectivity index (χ0v) is 18.0. The molecule has 2 saturated heterocycles. The van der Waals surface area contributed by atoms with Gasteiger partial charge in [0.1, 0.15) is 18.0 Å². The summed E-state index contributed by atoms with van der Waals surface area (Å²) in [4.78, 5) is 6.67. The van der Waals surface area contributed by atoms with Crippen molar-refractivity contribution in [3.05, 3.63) is 65.5 Å². The van der Waals surface area contributed by atoms with E-state index in [9.17, 15) is 8.78 Å². The highest BCUT2D eigenvalue weighted by Crippen LogP contribution is 2.30. The minimum Gasteiger partial charge on any atom is -0.378 e. The van der Waals surface area contributed by atoms with Crippen LogP contribution in [0.25, 0.3) is 5.69 Å². The van der Waals surface area contributed by atoms with Crippen molar-refractivity contribution >= 4 is 11.6 Å². The number of rotatable bonds is 5. The van der Waals surface area contributed by atoms with Crippen LogP contribution in [0.5, 0.6) is 0 Å². The molecular weight excluding hydrogens is 416 g/mol. The van der Waals surface area contributed by atoms with E-state index < -0.39 is 11.6 Å². The number of ether oxygens (including phenoxy) is 2. The van der Waals surface area contributed by atoms with Gasteiger partial charge in [-0.25, -0.2) is 13.5 Å². The van der Waals surface area contributed by atoms with Crippen LogP contribution >= 0.6 is 0 Å². The van der Waals surface area contributed by atoms with Crippen molar-refractivity contribution in [1.29, 1.82) is 0 Å². The lowest BCUT2D eigenvalue weighted by atomic mass is 10.0. The largest absolute Gasteiger partial charge is 0.378 e. The Labute approximate surface area is 185 Å². The quantitative estimate of drug-likeness (QED) is 0.651. The van der Waals surface area contributed by atoms with E-state index >= 15 is 0 Å². The molecule has 9 heteroatoms. The van der Waals surface area contributed by atoms with Crippen LogP contribution < -0.4 is 5.32 Å². The van der Waals surface area contributed by atoms with Crippen molar-refractivity contribution in [3.8, 4) is 5.69 Å². The molecule has 5 rings (SSSR count). The van der Waals surface area contributed by atoms with Gasteiger partial charge in [0, 0.05) is 24.8 Å². The van der Waals surface area contributed by atoms with Gasteiger partial charge >= 0.3 is 0 Å². The molecule has 1 aromatic heterocycles. The fourth-order valence-corrected chi connectivity index (χ4v) is 4.22. The lowest BCUT2D eigenvalue weighted by molar-refractivity contribution is -0.138. The Bertz CT molecular complexity index is 1100. The summed E-state index contributed by atoms with van der Waals surface area (Å²) < 4.78 is 40.0. The molecule has 0 spiro atoms. The number of hydrogen-bond donors (Lipinski definition) is 1. The highest BCUT2D eigenvalue weighted by atomic mass is 19.1. The molecule has 168 valence electrons. The molecule has 2 fully saturated rings. The van der Waals surface area contributed by atoms with Crippen molar-refractivity contribution in [2.75, 3.05) is 31.6 Å². The monoisotopic (exact) mass is 441 g/mol. The van der Waals surface area contributed by atoms with E-state index in [0.29, 0.717) is 12.0 Å². The van der Waals surface area contributed by atoms with Crippen LogP contribution in [0.3, 0.4) is 0 Å². The summed E-state index contributed by atoms with van der Waals surface area (Å²) in [7, 11) is 0. The van der Waals surface area contributed by atoms with Crippen molar-refractivity contribution in [1.82, 2.24) is 19.7 Å². The number of nitrogens with zero attached hydrogens (tertiary/aromatic N) is 4. The maximum atomic E-state index is 13.5. The Kier molecular flexibility index (Phi) is 5.62. The number of morpholine rings is 1. The van der Waals surface area contributed by atoms with E-state index in [4.69, 9.17) is 9.47 Å². The van der Waals surface area contributed by atoms with Gasteiger partial charge < -0.3 is 14.8 Å². The maximum absolute atomic E-state index is 13.5. The molecule has 2 unspecified atom stereocenters. The van der Waals surface area contributed by atoms with Crippen molar-refractivity contribution in [2.24, 2.45) is 0 Å². The van der Waals surface area contributed by atoms with Gasteiger partial charge in [0.15, 0.2) is 0 Å². The van der Waals surface area contributed by atoms with E-state index in [1.807, 2.05) is 19.1 Å². The zero-order valence-electron chi connectivity index (χ0n) is 18.0. The predicted octanol–water partition coefficient (Wildman–Crippen LogP) is 3.76. The minimum atomic E-state index is -0.669. The Balaban J connectivity index is 1.35. The summed E-state index contributed by atoms with van der Waals surface area (Å²) in [6, 6.07) is 9.85. The minimum absolute atomic E-state index is 0.0411. The molecular formula is C23H25F2N5O2. The molecule has 0 bridgehead atoms. The Morgan fingerprint density at radius 3 is 2.53 bits per heavy atom. The smallest absolute Gasteiger partial charge is 0.246 e. The Hall–Kier alpha value is -2.88. The highest BCUT2D eigenvalue weighted by molar-refractivity contribution is 5.56. The standard InChI is InChI=1S/C23H25F2N5O2/c1-14-3-16(22-10-29(9-15(2)32-22)21-11-31-12-21)5-19(4-14)27-23-26-13-30(28-23)20-7-17(24)6-18(25)8-20/h3-8,13,15,21-22H,9-12H2,1-2H3,(H,27,28). The molecule has 0 aliphatic carbocycles. The molecule has 3 heterocycles. The molecule has 32 heavy (non-hydrogen) atoms. The van der Waals surface area contributed by atoms with E-state index in [0.717, 1.165) is 49.2 Å². The van der Waals surface area contributed by atoms with Crippen LogP contribution in [0.2, 0.25) is 0 Å². The lowest BCUT2D eigenvalue weighted by Gasteiger charge is -2.44. The van der Waals surface area contributed by atoms with Gasteiger partial charge in [0.2, 0.25) is 5.95 Å². The van der Waals surface area contributed by atoms with Crippen LogP contribution in [0.4, 0.5) is 20.4 Å². The molecule has 1 N–H and O–H groups in total. The number of aromatic nitrogens is 3. The average Bonchev–Trinajstić information content (AvgIpc) is 3.13. The summed E-state index contributed by atoms with van der Waals surface area (Å²) >= 11 is 0. The number of halogens is 2. The van der Waals surface area contributed by atoms with Crippen molar-refractivity contribution in [3.63, 3.8) is 0 Å². The van der Waals surface area contributed by atoms with Crippen molar-refractivity contribution < 1.29 is 18.3 Å². The molecule has 2 aromatic carbocycles. The second kappa shape index (κ2) is 8.57. The first-order valence-corrected chi connectivity index (χ1v) is 10.7. The van der Waals surface area contributed by atoms with Gasteiger partial charge in [0.25, 0.3) is 0 Å². The number of nitrogens with one attached hydrogen (secondary N) is 1. The molecule has 2 aliphatic rings. The summed E-state index contributed by atoms with van der Waals surface area (Å²) in [6.07, 6.45) is 1.51. The molecule has 0 amide bonds. The first-order chi connectivity index (χ1) is 15.4. The van der Waals surface area contributed by atoms with Crippen LogP contribution in [0, 0.1) is 18.6 Å². The molecule has 7 nitrogen and oxygen atoms in total. The third-order valence-corrected chi connectivity index (χ3v) is 5.76. The van der Waals surface area contributed by atoms with E-state index in [-0.39, 0.29) is 17.9 Å². The molecule has 2 aliphatic heterocycles. The predicted molar refractivity (Wildman–Crippen MR) is 115 cm³/mol. The number of anilines is 2. The molecule has 3 aromatic rings. The Morgan fingerprint density at radius 2 is 1.81 bits per heavy atom. The summed E-state index contributed by atoms with van der Waals surface area (Å²) in [5.41, 5.74) is 3.24. The van der Waals surface area contributed by atoms with E-state index in [1.54, 1.807) is 0 Å². The van der Waals surface area contributed by atoms with Gasteiger partial charge in [0.05, 0.1) is 37.2 Å². The second-order valence-corrected chi connectivity index (χ2v) is 8.48. The second-order valence-electron chi connectivity index (χ2n) is 8.48. The number of benzene rings is 2. The van der Waals surface area contributed by atoms with Crippen molar-refractivity contribution in [2.45, 2.75) is 32.1 Å². The van der Waals surface area contributed by atoms with Gasteiger partial charge in [-0.1, -0.05) is 6.07 Å². The van der Waals surface area contributed by atoms with Crippen LogP contribution in [-0.4, -0.2) is 58.1 Å². The lowest BCUT2D eigenvalue weighted by Crippen LogP contribution is -2.55. The third kappa shape index (κ3) is 4.50. The maximum Gasteiger partial charge on any atom is 0.246 e. The van der Waals surface area contributed by atoms with Gasteiger partial charge in [-0.2, -0.15) is 4.98 Å². The fourth-order valence-electron chi connectivity index (χ4n) is 4.22. The van der Waals surface area contributed by atoms with Crippen LogP contribution in [0.1, 0.15) is 24.2 Å². The highest BCUT2D eigenvalue weighted by Gasteiger charge is 2.34. The Morgan fingerprint density at radius 1 is 1.03 bits per heavy atom. The van der Waals surface area contributed by atoms with E-state index in [2.05, 4.69) is 33.3 Å². The fraction of sp³-hybridized carbons (Fsp3) is 0.391. The normalized spacial score (nSPS) is 22.0. The molecule has 0 saturated carbocycles. The average molecular weight is 441 g/mol. The summed E-state index contributed by atoms with van der Waals surface area (Å²) in [5, 5.41) is 7.50. The molecule has 2 atom stereocenters. The topological polar surface area (TPSA) is 64.4 Å². The molecule has 0 radical (unpaired) electrons. The van der Waals surface area contributed by atoms with Crippen LogP contribution in [-0.2, 0) is 9.47 Å². The first-order valence-electron chi connectivity index (χ1n) is 10.7. The SMILES string of the molecule is Cc1cc(Nc2ncn(-c3cc(F)cc(F)c3)n2)cc(C2CN(C3COC3)CC(C)O2)c1. The summed E-state index contributed by atoms with van der Waals surface area (Å²) in [5.74, 6) is -1.01.